The summed E-state index contributed by atoms with van der Waals surface area (Å²) in [6.45, 7) is 3.70. The third-order valence-corrected chi connectivity index (χ3v) is 4.52. The smallest absolute Gasteiger partial charge is 0.277 e. The van der Waals surface area contributed by atoms with Gasteiger partial charge in [0.05, 0.1) is 10.8 Å². The van der Waals surface area contributed by atoms with E-state index < -0.39 is 5.25 Å². The second-order valence-corrected chi connectivity index (χ2v) is 6.75. The lowest BCUT2D eigenvalue weighted by atomic mass is 10.2. The lowest BCUT2D eigenvalue weighted by molar-refractivity contribution is -0.115. The maximum Gasteiger partial charge on any atom is 0.277 e. The third kappa shape index (κ3) is 4.00. The number of anilines is 1. The van der Waals surface area contributed by atoms with Crippen LogP contribution in [0.25, 0.3) is 11.5 Å². The van der Waals surface area contributed by atoms with Crippen LogP contribution in [0.5, 0.6) is 5.75 Å². The number of carbonyl (C=O) groups excluding carboxylic acids is 1. The molecule has 1 unspecified atom stereocenters. The second kappa shape index (κ2) is 7.40. The molecule has 2 aromatic carbocycles. The van der Waals surface area contributed by atoms with Crippen molar-refractivity contribution in [1.29, 1.82) is 0 Å². The number of phenols is 1. The molecular formula is C18H17N3O3S. The Bertz CT molecular complexity index is 895. The van der Waals surface area contributed by atoms with Crippen LogP contribution >= 0.6 is 11.8 Å². The monoisotopic (exact) mass is 355 g/mol. The van der Waals surface area contributed by atoms with Crippen molar-refractivity contribution in [3.63, 3.8) is 0 Å². The summed E-state index contributed by atoms with van der Waals surface area (Å²) in [5.74, 6) is 0.127. The minimum atomic E-state index is -0.419. The molecule has 0 saturated heterocycles. The summed E-state index contributed by atoms with van der Waals surface area (Å²) in [6.07, 6.45) is 0. The molecule has 0 radical (unpaired) electrons. The molecule has 3 aromatic rings. The molecule has 3 rings (SSSR count). The highest BCUT2D eigenvalue weighted by Crippen LogP contribution is 2.31. The van der Waals surface area contributed by atoms with Crippen LogP contribution in [0.2, 0.25) is 0 Å². The normalized spacial score (nSPS) is 11.9. The fourth-order valence-electron chi connectivity index (χ4n) is 2.17. The molecule has 1 amide bonds. The average molecular weight is 355 g/mol. The number of carbonyl (C=O) groups is 1. The maximum absolute atomic E-state index is 12.3. The predicted molar refractivity (Wildman–Crippen MR) is 96.5 cm³/mol. The average Bonchev–Trinajstić information content (AvgIpc) is 3.05. The van der Waals surface area contributed by atoms with Crippen LogP contribution in [-0.2, 0) is 4.79 Å². The molecule has 128 valence electrons. The maximum atomic E-state index is 12.3. The summed E-state index contributed by atoms with van der Waals surface area (Å²) in [5.41, 5.74) is 2.23. The van der Waals surface area contributed by atoms with Gasteiger partial charge in [-0.1, -0.05) is 42.1 Å². The van der Waals surface area contributed by atoms with Crippen molar-refractivity contribution >= 4 is 23.4 Å². The molecule has 0 fully saturated rings. The SMILES string of the molecule is Cc1ccccc1NC(=O)C(C)Sc1nnc(-c2ccccc2O)o1. The van der Waals surface area contributed by atoms with E-state index in [2.05, 4.69) is 15.5 Å². The Hall–Kier alpha value is -2.80. The van der Waals surface area contributed by atoms with Crippen LogP contribution in [0.4, 0.5) is 5.69 Å². The van der Waals surface area contributed by atoms with Gasteiger partial charge in [0.1, 0.15) is 5.75 Å². The highest BCUT2D eigenvalue weighted by Gasteiger charge is 2.20. The van der Waals surface area contributed by atoms with Crippen molar-refractivity contribution in [3.05, 3.63) is 54.1 Å². The van der Waals surface area contributed by atoms with Gasteiger partial charge in [-0.3, -0.25) is 4.79 Å². The lowest BCUT2D eigenvalue weighted by Crippen LogP contribution is -2.22. The van der Waals surface area contributed by atoms with Gasteiger partial charge >= 0.3 is 0 Å². The Morgan fingerprint density at radius 1 is 1.16 bits per heavy atom. The van der Waals surface area contributed by atoms with Crippen LogP contribution in [0.1, 0.15) is 12.5 Å². The van der Waals surface area contributed by atoms with Crippen LogP contribution < -0.4 is 5.32 Å². The van der Waals surface area contributed by atoms with E-state index in [4.69, 9.17) is 4.42 Å². The molecular weight excluding hydrogens is 338 g/mol. The summed E-state index contributed by atoms with van der Waals surface area (Å²) in [5, 5.41) is 20.4. The number of phenolic OH excluding ortho intramolecular Hbond substituents is 1. The van der Waals surface area contributed by atoms with E-state index in [-0.39, 0.29) is 22.8 Å². The molecule has 0 saturated carbocycles. The molecule has 2 N–H and O–H groups in total. The Morgan fingerprint density at radius 2 is 1.88 bits per heavy atom. The first kappa shape index (κ1) is 17.0. The summed E-state index contributed by atoms with van der Waals surface area (Å²) in [7, 11) is 0. The number of aromatic hydroxyl groups is 1. The summed E-state index contributed by atoms with van der Waals surface area (Å²) in [6, 6.07) is 14.3. The Kier molecular flexibility index (Phi) is 5.04. The quantitative estimate of drug-likeness (QED) is 0.676. The molecule has 0 aliphatic carbocycles. The Morgan fingerprint density at radius 3 is 2.64 bits per heavy atom. The minimum absolute atomic E-state index is 0.0630. The van der Waals surface area contributed by atoms with Crippen molar-refractivity contribution < 1.29 is 14.3 Å². The molecule has 1 heterocycles. The van der Waals surface area contributed by atoms with E-state index in [0.29, 0.717) is 5.56 Å². The zero-order chi connectivity index (χ0) is 17.8. The molecule has 7 heteroatoms. The predicted octanol–water partition coefficient (Wildman–Crippen LogP) is 3.87. The summed E-state index contributed by atoms with van der Waals surface area (Å²) in [4.78, 5) is 12.3. The van der Waals surface area contributed by atoms with Gasteiger partial charge in [-0.05, 0) is 37.6 Å². The minimum Gasteiger partial charge on any atom is -0.507 e. The fourth-order valence-corrected chi connectivity index (χ4v) is 2.86. The van der Waals surface area contributed by atoms with Crippen LogP contribution in [0, 0.1) is 6.92 Å². The van der Waals surface area contributed by atoms with Gasteiger partial charge < -0.3 is 14.8 Å². The number of para-hydroxylation sites is 2. The molecule has 1 atom stereocenters. The Balaban J connectivity index is 1.67. The largest absolute Gasteiger partial charge is 0.507 e. The number of rotatable bonds is 5. The van der Waals surface area contributed by atoms with Crippen LogP contribution in [0.15, 0.2) is 58.2 Å². The van der Waals surface area contributed by atoms with Crippen LogP contribution in [-0.4, -0.2) is 26.5 Å². The first-order valence-corrected chi connectivity index (χ1v) is 8.57. The topological polar surface area (TPSA) is 88.2 Å². The Labute approximate surface area is 149 Å². The van der Waals surface area contributed by atoms with Gasteiger partial charge in [0.15, 0.2) is 0 Å². The van der Waals surface area contributed by atoms with Crippen molar-refractivity contribution in [1.82, 2.24) is 10.2 Å². The highest BCUT2D eigenvalue weighted by molar-refractivity contribution is 8.00. The molecule has 0 spiro atoms. The van der Waals surface area contributed by atoms with E-state index in [1.807, 2.05) is 31.2 Å². The fraction of sp³-hybridized carbons (Fsp3) is 0.167. The van der Waals surface area contributed by atoms with Gasteiger partial charge in [-0.2, -0.15) is 0 Å². The molecule has 0 bridgehead atoms. The number of nitrogens with zero attached hydrogens (tertiary/aromatic N) is 2. The van der Waals surface area contributed by atoms with E-state index in [1.165, 1.54) is 0 Å². The van der Waals surface area contributed by atoms with Gasteiger partial charge in [0, 0.05) is 5.69 Å². The summed E-state index contributed by atoms with van der Waals surface area (Å²) < 4.78 is 5.55. The number of thioether (sulfide) groups is 1. The first-order chi connectivity index (χ1) is 12.0. The molecule has 25 heavy (non-hydrogen) atoms. The first-order valence-electron chi connectivity index (χ1n) is 7.69. The number of benzene rings is 2. The van der Waals surface area contributed by atoms with Gasteiger partial charge in [0.2, 0.25) is 5.91 Å². The zero-order valence-electron chi connectivity index (χ0n) is 13.8. The van der Waals surface area contributed by atoms with Crippen molar-refractivity contribution in [2.45, 2.75) is 24.3 Å². The molecule has 0 aliphatic heterocycles. The van der Waals surface area contributed by atoms with Crippen molar-refractivity contribution in [2.75, 3.05) is 5.32 Å². The van der Waals surface area contributed by atoms with Gasteiger partial charge in [0.25, 0.3) is 11.1 Å². The van der Waals surface area contributed by atoms with E-state index in [9.17, 15) is 9.90 Å². The number of amides is 1. The second-order valence-electron chi connectivity index (χ2n) is 5.45. The number of hydrogen-bond acceptors (Lipinski definition) is 6. The van der Waals surface area contributed by atoms with E-state index in [0.717, 1.165) is 23.0 Å². The standard InChI is InChI=1S/C18H17N3O3S/c1-11-7-3-5-9-14(11)19-16(23)12(2)25-18-21-20-17(24-18)13-8-4-6-10-15(13)22/h3-10,12,22H,1-2H3,(H,19,23). The number of aryl methyl sites for hydroxylation is 1. The molecule has 1 aromatic heterocycles. The summed E-state index contributed by atoms with van der Waals surface area (Å²) >= 11 is 1.16. The van der Waals surface area contributed by atoms with E-state index >= 15 is 0 Å². The highest BCUT2D eigenvalue weighted by atomic mass is 32.2. The lowest BCUT2D eigenvalue weighted by Gasteiger charge is -2.11. The molecule has 0 aliphatic rings. The van der Waals surface area contributed by atoms with Gasteiger partial charge in [-0.25, -0.2) is 0 Å². The van der Waals surface area contributed by atoms with Gasteiger partial charge in [-0.15, -0.1) is 10.2 Å². The van der Waals surface area contributed by atoms with E-state index in [1.54, 1.807) is 31.2 Å². The third-order valence-electron chi connectivity index (χ3n) is 3.59. The number of hydrogen-bond donors (Lipinski definition) is 2. The van der Waals surface area contributed by atoms with Crippen LogP contribution in [0.3, 0.4) is 0 Å². The zero-order valence-corrected chi connectivity index (χ0v) is 14.6. The van der Waals surface area contributed by atoms with Crippen molar-refractivity contribution in [3.8, 4) is 17.2 Å². The van der Waals surface area contributed by atoms with Crippen molar-refractivity contribution in [2.24, 2.45) is 0 Å². The molecule has 6 nitrogen and oxygen atoms in total. The number of nitrogens with one attached hydrogen (secondary N) is 1. The number of aromatic nitrogens is 2.